The van der Waals surface area contributed by atoms with Gasteiger partial charge in [0.1, 0.15) is 5.82 Å². The van der Waals surface area contributed by atoms with Crippen LogP contribution < -0.4 is 10.2 Å². The predicted molar refractivity (Wildman–Crippen MR) is 68.3 cm³/mol. The predicted octanol–water partition coefficient (Wildman–Crippen LogP) is 1.85. The average Bonchev–Trinajstić information content (AvgIpc) is 3.04. The quantitative estimate of drug-likeness (QED) is 0.739. The Morgan fingerprint density at radius 2 is 2.25 bits per heavy atom. The Balaban J connectivity index is 1.90. The first kappa shape index (κ1) is 11.8. The summed E-state index contributed by atoms with van der Waals surface area (Å²) in [7, 11) is 0. The van der Waals surface area contributed by atoms with E-state index in [0.29, 0.717) is 5.92 Å². The van der Waals surface area contributed by atoms with Crippen LogP contribution in [0.3, 0.4) is 0 Å². The molecule has 0 aliphatic heterocycles. The molecule has 0 radical (unpaired) electrons. The Hall–Kier alpha value is -0.680. The van der Waals surface area contributed by atoms with Crippen LogP contribution in [0, 0.1) is 0 Å². The van der Waals surface area contributed by atoms with E-state index in [9.17, 15) is 0 Å². The van der Waals surface area contributed by atoms with Crippen LogP contribution in [0.1, 0.15) is 38.4 Å². The van der Waals surface area contributed by atoms with E-state index in [1.54, 1.807) is 11.5 Å². The maximum Gasteiger partial charge on any atom is 0.205 e. The highest BCUT2D eigenvalue weighted by molar-refractivity contribution is 7.09. The van der Waals surface area contributed by atoms with Gasteiger partial charge in [0.15, 0.2) is 0 Å². The molecule has 1 saturated carbocycles. The summed E-state index contributed by atoms with van der Waals surface area (Å²) < 4.78 is 4.44. The van der Waals surface area contributed by atoms with Crippen LogP contribution in [0.4, 0.5) is 5.13 Å². The summed E-state index contributed by atoms with van der Waals surface area (Å²) in [6.07, 6.45) is 2.55. The van der Waals surface area contributed by atoms with Crippen molar-refractivity contribution in [2.75, 3.05) is 31.1 Å². The Kier molecular flexibility index (Phi) is 4.12. The van der Waals surface area contributed by atoms with Gasteiger partial charge in [0.2, 0.25) is 5.13 Å². The van der Waals surface area contributed by atoms with Gasteiger partial charge in [-0.05, 0) is 26.3 Å². The molecule has 0 atom stereocenters. The lowest BCUT2D eigenvalue weighted by molar-refractivity contribution is 0.686. The van der Waals surface area contributed by atoms with Gasteiger partial charge in [-0.3, -0.25) is 0 Å². The zero-order chi connectivity index (χ0) is 11.4. The van der Waals surface area contributed by atoms with Crippen molar-refractivity contribution in [3.63, 3.8) is 0 Å². The molecule has 5 heteroatoms. The van der Waals surface area contributed by atoms with Crippen molar-refractivity contribution in [2.45, 2.75) is 32.6 Å². The largest absolute Gasteiger partial charge is 0.346 e. The fourth-order valence-corrected chi connectivity index (χ4v) is 2.48. The number of anilines is 1. The van der Waals surface area contributed by atoms with Gasteiger partial charge >= 0.3 is 0 Å². The van der Waals surface area contributed by atoms with Gasteiger partial charge in [-0.15, -0.1) is 0 Å². The molecule has 0 aromatic carbocycles. The highest BCUT2D eigenvalue weighted by Crippen LogP contribution is 2.39. The Morgan fingerprint density at radius 3 is 2.88 bits per heavy atom. The lowest BCUT2D eigenvalue weighted by Crippen LogP contribution is -2.31. The Bertz CT molecular complexity index is 322. The molecule has 2 rings (SSSR count). The summed E-state index contributed by atoms with van der Waals surface area (Å²) in [5.41, 5.74) is 0. The fraction of sp³-hybridized carbons (Fsp3) is 0.818. The number of hydrogen-bond acceptors (Lipinski definition) is 5. The third-order valence-corrected chi connectivity index (χ3v) is 3.63. The van der Waals surface area contributed by atoms with Crippen LogP contribution in [0.15, 0.2) is 0 Å². The average molecular weight is 240 g/mol. The number of nitrogens with zero attached hydrogens (tertiary/aromatic N) is 3. The number of aromatic nitrogens is 2. The molecule has 1 aromatic heterocycles. The summed E-state index contributed by atoms with van der Waals surface area (Å²) >= 11 is 1.55. The minimum absolute atomic E-state index is 0.664. The van der Waals surface area contributed by atoms with E-state index in [1.807, 2.05) is 0 Å². The fourth-order valence-electron chi connectivity index (χ4n) is 1.64. The second kappa shape index (κ2) is 5.59. The SMILES string of the molecule is CCNCCN(CC)c1nc(C2CC2)ns1. The third kappa shape index (κ3) is 2.92. The maximum absolute atomic E-state index is 4.63. The molecular weight excluding hydrogens is 220 g/mol. The van der Waals surface area contributed by atoms with E-state index >= 15 is 0 Å². The standard InChI is InChI=1S/C11H20N4S/c1-3-12-7-8-15(4-2)11-13-10(14-16-11)9-5-6-9/h9,12H,3-8H2,1-2H3. The van der Waals surface area contributed by atoms with Crippen LogP contribution in [0.5, 0.6) is 0 Å². The number of hydrogen-bond donors (Lipinski definition) is 1. The van der Waals surface area contributed by atoms with E-state index in [1.165, 1.54) is 12.8 Å². The number of rotatable bonds is 7. The second-order valence-corrected chi connectivity index (χ2v) is 4.87. The van der Waals surface area contributed by atoms with E-state index in [4.69, 9.17) is 0 Å². The highest BCUT2D eigenvalue weighted by atomic mass is 32.1. The summed E-state index contributed by atoms with van der Waals surface area (Å²) in [6.45, 7) is 8.37. The number of likely N-dealkylation sites (N-methyl/N-ethyl adjacent to an activating group) is 2. The Labute approximate surface area is 101 Å². The minimum atomic E-state index is 0.664. The summed E-state index contributed by atoms with van der Waals surface area (Å²) in [5.74, 6) is 1.74. The number of nitrogens with one attached hydrogen (secondary N) is 1. The normalized spacial score (nSPS) is 15.4. The first-order chi connectivity index (χ1) is 7.85. The molecule has 0 amide bonds. The van der Waals surface area contributed by atoms with Crippen LogP contribution in [-0.2, 0) is 0 Å². The third-order valence-electron chi connectivity index (χ3n) is 2.83. The van der Waals surface area contributed by atoms with E-state index in [2.05, 4.69) is 33.4 Å². The van der Waals surface area contributed by atoms with Gasteiger partial charge in [0.25, 0.3) is 0 Å². The van der Waals surface area contributed by atoms with Crippen molar-refractivity contribution in [1.82, 2.24) is 14.7 Å². The van der Waals surface area contributed by atoms with Gasteiger partial charge < -0.3 is 10.2 Å². The second-order valence-electron chi connectivity index (χ2n) is 4.14. The van der Waals surface area contributed by atoms with E-state index in [0.717, 1.165) is 37.1 Å². The topological polar surface area (TPSA) is 41.0 Å². The van der Waals surface area contributed by atoms with Crippen molar-refractivity contribution >= 4 is 16.7 Å². The van der Waals surface area contributed by atoms with Crippen LogP contribution in [0.2, 0.25) is 0 Å². The zero-order valence-electron chi connectivity index (χ0n) is 10.1. The maximum atomic E-state index is 4.63. The van der Waals surface area contributed by atoms with E-state index < -0.39 is 0 Å². The molecule has 0 spiro atoms. The zero-order valence-corrected chi connectivity index (χ0v) is 10.9. The molecule has 1 N–H and O–H groups in total. The Morgan fingerprint density at radius 1 is 1.44 bits per heavy atom. The first-order valence-corrected chi connectivity index (χ1v) is 6.91. The van der Waals surface area contributed by atoms with Crippen molar-refractivity contribution in [3.8, 4) is 0 Å². The van der Waals surface area contributed by atoms with Crippen LogP contribution >= 0.6 is 11.5 Å². The van der Waals surface area contributed by atoms with Gasteiger partial charge in [-0.2, -0.15) is 4.37 Å². The molecule has 1 fully saturated rings. The van der Waals surface area contributed by atoms with Crippen molar-refractivity contribution in [3.05, 3.63) is 5.82 Å². The van der Waals surface area contributed by atoms with Crippen LogP contribution in [0.25, 0.3) is 0 Å². The molecule has 4 nitrogen and oxygen atoms in total. The van der Waals surface area contributed by atoms with Crippen molar-refractivity contribution in [2.24, 2.45) is 0 Å². The molecular formula is C11H20N4S. The molecule has 0 bridgehead atoms. The lowest BCUT2D eigenvalue weighted by Gasteiger charge is -2.18. The van der Waals surface area contributed by atoms with Crippen molar-refractivity contribution < 1.29 is 0 Å². The molecule has 0 unspecified atom stereocenters. The smallest absolute Gasteiger partial charge is 0.205 e. The molecule has 16 heavy (non-hydrogen) atoms. The van der Waals surface area contributed by atoms with Crippen molar-refractivity contribution in [1.29, 1.82) is 0 Å². The monoisotopic (exact) mass is 240 g/mol. The van der Waals surface area contributed by atoms with Gasteiger partial charge in [0.05, 0.1) is 0 Å². The van der Waals surface area contributed by atoms with Crippen LogP contribution in [-0.4, -0.2) is 35.5 Å². The molecule has 90 valence electrons. The molecule has 1 aliphatic rings. The molecule has 1 heterocycles. The lowest BCUT2D eigenvalue weighted by atomic mass is 10.4. The highest BCUT2D eigenvalue weighted by Gasteiger charge is 2.28. The summed E-state index contributed by atoms with van der Waals surface area (Å²) in [6, 6.07) is 0. The first-order valence-electron chi connectivity index (χ1n) is 6.14. The van der Waals surface area contributed by atoms with Gasteiger partial charge in [-0.25, -0.2) is 4.98 Å². The van der Waals surface area contributed by atoms with E-state index in [-0.39, 0.29) is 0 Å². The molecule has 1 aliphatic carbocycles. The molecule has 1 aromatic rings. The summed E-state index contributed by atoms with van der Waals surface area (Å²) in [5, 5.41) is 4.42. The minimum Gasteiger partial charge on any atom is -0.346 e. The summed E-state index contributed by atoms with van der Waals surface area (Å²) in [4.78, 5) is 6.93. The van der Waals surface area contributed by atoms with Gasteiger partial charge in [-0.1, -0.05) is 6.92 Å². The van der Waals surface area contributed by atoms with Gasteiger partial charge in [0, 0.05) is 37.1 Å². The molecule has 0 saturated heterocycles.